The molecule has 2 heterocycles. The largest absolute Gasteiger partial charge is 0.494 e. The highest BCUT2D eigenvalue weighted by molar-refractivity contribution is 7.10. The lowest BCUT2D eigenvalue weighted by Gasteiger charge is -2.24. The Morgan fingerprint density at radius 3 is 2.65 bits per heavy atom. The smallest absolute Gasteiger partial charge is 0.251 e. The van der Waals surface area contributed by atoms with Crippen molar-refractivity contribution in [3.63, 3.8) is 0 Å². The van der Waals surface area contributed by atoms with Gasteiger partial charge in [-0.15, -0.1) is 11.3 Å². The first kappa shape index (κ1) is 25.2. The number of unbranched alkanes of at least 4 members (excludes halogenated alkanes) is 1. The number of benzene rings is 1. The number of hydrogen-bond donors (Lipinski definition) is 4. The maximum Gasteiger partial charge on any atom is 0.251 e. The molecule has 1 aromatic heterocycles. The Balaban J connectivity index is 1.47. The number of rotatable bonds is 11. The van der Waals surface area contributed by atoms with Gasteiger partial charge in [0, 0.05) is 27.9 Å². The number of thiophene rings is 1. The van der Waals surface area contributed by atoms with Crippen molar-refractivity contribution < 1.29 is 19.1 Å². The van der Waals surface area contributed by atoms with Crippen LogP contribution in [0.15, 0.2) is 35.7 Å². The zero-order chi connectivity index (χ0) is 24.5. The van der Waals surface area contributed by atoms with Gasteiger partial charge in [0.1, 0.15) is 17.6 Å². The van der Waals surface area contributed by atoms with Gasteiger partial charge in [-0.1, -0.05) is 13.3 Å². The molecular formula is C24H31N5O4S. The van der Waals surface area contributed by atoms with Crippen LogP contribution in [0.3, 0.4) is 0 Å². The molecular weight excluding hydrogens is 454 g/mol. The van der Waals surface area contributed by atoms with Crippen molar-refractivity contribution in [3.05, 3.63) is 51.7 Å². The molecule has 9 nitrogen and oxygen atoms in total. The molecule has 5 N–H and O–H groups in total. The van der Waals surface area contributed by atoms with Crippen LogP contribution in [0.2, 0.25) is 0 Å². The highest BCUT2D eigenvalue weighted by Crippen LogP contribution is 2.19. The fourth-order valence-electron chi connectivity index (χ4n) is 3.64. The number of nitrogens with zero attached hydrogens (tertiary/aromatic N) is 1. The Hall–Kier alpha value is -3.40. The predicted molar refractivity (Wildman–Crippen MR) is 131 cm³/mol. The second kappa shape index (κ2) is 12.2. The third-order valence-electron chi connectivity index (χ3n) is 5.56. The van der Waals surface area contributed by atoms with Gasteiger partial charge in [0.2, 0.25) is 11.8 Å². The maximum absolute atomic E-state index is 12.7. The topological polar surface area (TPSA) is 138 Å². The summed E-state index contributed by atoms with van der Waals surface area (Å²) in [5, 5.41) is 14.7. The number of nitrogen functional groups attached to an aromatic ring is 1. The van der Waals surface area contributed by atoms with Crippen molar-refractivity contribution in [2.24, 2.45) is 5.73 Å². The van der Waals surface area contributed by atoms with Crippen molar-refractivity contribution in [2.45, 2.75) is 45.2 Å². The summed E-state index contributed by atoms with van der Waals surface area (Å²) in [4.78, 5) is 40.3. The first-order valence-corrected chi connectivity index (χ1v) is 12.3. The van der Waals surface area contributed by atoms with Crippen LogP contribution in [-0.4, -0.2) is 54.2 Å². The van der Waals surface area contributed by atoms with E-state index in [9.17, 15) is 14.4 Å². The van der Waals surface area contributed by atoms with Crippen LogP contribution in [0.4, 0.5) is 0 Å². The molecule has 0 aliphatic carbocycles. The standard InChI is InChI=1S/C24H31N5O4S/c1-2-3-11-33-18-8-6-16(7-9-18)23(31)28-14-21(30)29-10-4-5-20(29)24(32)27-13-19-12-17(15-34-19)22(25)26/h6-9,12,15,20H,2-5,10-11,13-14H2,1H3,(H3,25,26)(H,27,32)(H,28,31). The molecule has 3 rings (SSSR count). The summed E-state index contributed by atoms with van der Waals surface area (Å²) in [6, 6.07) is 8.01. The first-order chi connectivity index (χ1) is 16.4. The van der Waals surface area contributed by atoms with Crippen molar-refractivity contribution in [3.8, 4) is 5.75 Å². The molecule has 3 amide bonds. The predicted octanol–water partition coefficient (Wildman–Crippen LogP) is 2.25. The van der Waals surface area contributed by atoms with E-state index in [2.05, 4.69) is 17.6 Å². The average Bonchev–Trinajstić information content (AvgIpc) is 3.51. The molecule has 10 heteroatoms. The van der Waals surface area contributed by atoms with Gasteiger partial charge in [-0.25, -0.2) is 0 Å². The van der Waals surface area contributed by atoms with E-state index in [-0.39, 0.29) is 30.1 Å². The molecule has 1 aromatic carbocycles. The van der Waals surface area contributed by atoms with E-state index >= 15 is 0 Å². The number of ether oxygens (including phenoxy) is 1. The van der Waals surface area contributed by atoms with E-state index < -0.39 is 6.04 Å². The fraction of sp³-hybridized carbons (Fsp3) is 0.417. The van der Waals surface area contributed by atoms with Gasteiger partial charge in [0.25, 0.3) is 5.91 Å². The van der Waals surface area contributed by atoms with E-state index in [1.807, 2.05) is 0 Å². The quantitative estimate of drug-likeness (QED) is 0.220. The average molecular weight is 486 g/mol. The SMILES string of the molecule is CCCCOc1ccc(C(=O)NCC(=O)N2CCCC2C(=O)NCc2cc(C(=N)N)cs2)cc1. The summed E-state index contributed by atoms with van der Waals surface area (Å²) in [5.74, 6) is -0.187. The molecule has 34 heavy (non-hydrogen) atoms. The number of nitrogens with two attached hydrogens (primary N) is 1. The Morgan fingerprint density at radius 2 is 1.97 bits per heavy atom. The fourth-order valence-corrected chi connectivity index (χ4v) is 4.46. The number of carbonyl (C=O) groups is 3. The zero-order valence-electron chi connectivity index (χ0n) is 19.3. The van der Waals surface area contributed by atoms with Gasteiger partial charge >= 0.3 is 0 Å². The molecule has 1 unspecified atom stereocenters. The number of nitrogens with one attached hydrogen (secondary N) is 3. The summed E-state index contributed by atoms with van der Waals surface area (Å²) in [5.41, 5.74) is 6.54. The maximum atomic E-state index is 12.7. The minimum Gasteiger partial charge on any atom is -0.494 e. The van der Waals surface area contributed by atoms with E-state index in [1.54, 1.807) is 35.7 Å². The minimum absolute atomic E-state index is 0.0142. The summed E-state index contributed by atoms with van der Waals surface area (Å²) >= 11 is 1.41. The highest BCUT2D eigenvalue weighted by Gasteiger charge is 2.33. The lowest BCUT2D eigenvalue weighted by molar-refractivity contribution is -0.137. The van der Waals surface area contributed by atoms with Crippen LogP contribution < -0.4 is 21.1 Å². The van der Waals surface area contributed by atoms with Crippen molar-refractivity contribution in [1.29, 1.82) is 5.41 Å². The van der Waals surface area contributed by atoms with Gasteiger partial charge in [-0.05, 0) is 49.6 Å². The Bertz CT molecular complexity index is 1020. The molecule has 0 saturated carbocycles. The third-order valence-corrected chi connectivity index (χ3v) is 6.50. The summed E-state index contributed by atoms with van der Waals surface area (Å²) in [7, 11) is 0. The van der Waals surface area contributed by atoms with Crippen LogP contribution in [-0.2, 0) is 16.1 Å². The van der Waals surface area contributed by atoms with E-state index in [1.165, 1.54) is 16.2 Å². The van der Waals surface area contributed by atoms with Crippen molar-refractivity contribution in [1.82, 2.24) is 15.5 Å². The van der Waals surface area contributed by atoms with Gasteiger partial charge in [-0.2, -0.15) is 0 Å². The highest BCUT2D eigenvalue weighted by atomic mass is 32.1. The number of hydrogen-bond acceptors (Lipinski definition) is 6. The molecule has 0 bridgehead atoms. The van der Waals surface area contributed by atoms with Gasteiger partial charge in [-0.3, -0.25) is 19.8 Å². The van der Waals surface area contributed by atoms with Crippen LogP contribution in [0.5, 0.6) is 5.75 Å². The van der Waals surface area contributed by atoms with Crippen LogP contribution in [0.1, 0.15) is 53.4 Å². The van der Waals surface area contributed by atoms with Crippen molar-refractivity contribution >= 4 is 34.9 Å². The normalized spacial score (nSPS) is 15.1. The number of likely N-dealkylation sites (tertiary alicyclic amines) is 1. The second-order valence-electron chi connectivity index (χ2n) is 8.09. The Labute approximate surface area is 203 Å². The molecule has 1 atom stereocenters. The van der Waals surface area contributed by atoms with Crippen LogP contribution >= 0.6 is 11.3 Å². The first-order valence-electron chi connectivity index (χ1n) is 11.4. The molecule has 1 fully saturated rings. The summed E-state index contributed by atoms with van der Waals surface area (Å²) in [6.45, 7) is 3.33. The number of amides is 3. The van der Waals surface area contributed by atoms with E-state index in [0.29, 0.717) is 43.0 Å². The third kappa shape index (κ3) is 6.80. The van der Waals surface area contributed by atoms with Gasteiger partial charge in [0.15, 0.2) is 0 Å². The van der Waals surface area contributed by atoms with Gasteiger partial charge in [0.05, 0.1) is 19.7 Å². The zero-order valence-corrected chi connectivity index (χ0v) is 20.1. The molecule has 0 spiro atoms. The summed E-state index contributed by atoms with van der Waals surface area (Å²) in [6.07, 6.45) is 3.32. The van der Waals surface area contributed by atoms with Gasteiger partial charge < -0.3 is 26.0 Å². The molecule has 1 aliphatic rings. The second-order valence-corrected chi connectivity index (χ2v) is 9.08. The lowest BCUT2D eigenvalue weighted by Crippen LogP contribution is -2.48. The lowest BCUT2D eigenvalue weighted by atomic mass is 10.2. The minimum atomic E-state index is -0.559. The van der Waals surface area contributed by atoms with Crippen molar-refractivity contribution in [2.75, 3.05) is 19.7 Å². The molecule has 1 saturated heterocycles. The molecule has 182 valence electrons. The van der Waals surface area contributed by atoms with E-state index in [4.69, 9.17) is 15.9 Å². The summed E-state index contributed by atoms with van der Waals surface area (Å²) < 4.78 is 5.60. The molecule has 2 aromatic rings. The van der Waals surface area contributed by atoms with Crippen LogP contribution in [0, 0.1) is 5.41 Å². The molecule has 1 aliphatic heterocycles. The molecule has 0 radical (unpaired) electrons. The Morgan fingerprint density at radius 1 is 1.21 bits per heavy atom. The monoisotopic (exact) mass is 485 g/mol. The van der Waals surface area contributed by atoms with Crippen LogP contribution in [0.25, 0.3) is 0 Å². The van der Waals surface area contributed by atoms with E-state index in [0.717, 1.165) is 24.1 Å². The number of carbonyl (C=O) groups excluding carboxylic acids is 3. The Kier molecular flexibility index (Phi) is 9.03. The number of amidine groups is 1.